The lowest BCUT2D eigenvalue weighted by atomic mass is 9.81. The summed E-state index contributed by atoms with van der Waals surface area (Å²) < 4.78 is 5.46. The zero-order chi connectivity index (χ0) is 29.2. The molecule has 0 aromatic heterocycles. The summed E-state index contributed by atoms with van der Waals surface area (Å²) >= 11 is 7.83. The standard InChI is InChI=1S/C33H32ClN3O3S/c1-3-5-11-22-16-18-24(19-17-22)36-28(38)21-41-32-26(20-35)29(25-14-9-10-15-27(25)34)30(33(39)40-4-2)31(37-32)23-12-7-6-8-13-23/h6-10,12-19,29,37H,3-5,11,21H2,1-2H3,(H,36,38). The Bertz CT molecular complexity index is 1490. The molecule has 1 unspecified atom stereocenters. The average molecular weight is 586 g/mol. The number of carbonyl (C=O) groups is 2. The number of rotatable bonds is 11. The normalized spacial score (nSPS) is 14.7. The number of hydrogen-bond acceptors (Lipinski definition) is 6. The van der Waals surface area contributed by atoms with Crippen molar-refractivity contribution in [3.63, 3.8) is 0 Å². The van der Waals surface area contributed by atoms with Crippen molar-refractivity contribution >= 4 is 46.6 Å². The summed E-state index contributed by atoms with van der Waals surface area (Å²) in [5, 5.41) is 17.5. The van der Waals surface area contributed by atoms with Crippen molar-refractivity contribution in [1.82, 2.24) is 5.32 Å². The van der Waals surface area contributed by atoms with E-state index in [1.165, 1.54) is 17.3 Å². The molecular formula is C33H32ClN3O3S. The Morgan fingerprint density at radius 1 is 1.02 bits per heavy atom. The van der Waals surface area contributed by atoms with Gasteiger partial charge in [0.2, 0.25) is 5.91 Å². The SMILES string of the molecule is CCCCc1ccc(NC(=O)CSC2=C(C#N)C(c3ccccc3Cl)C(C(=O)OCC)=C(c3ccccc3)N2)cc1. The highest BCUT2D eigenvalue weighted by Gasteiger charge is 2.38. The highest BCUT2D eigenvalue weighted by Crippen LogP contribution is 2.45. The monoisotopic (exact) mass is 585 g/mol. The zero-order valence-corrected chi connectivity index (χ0v) is 24.6. The van der Waals surface area contributed by atoms with E-state index in [0.717, 1.165) is 24.8 Å². The van der Waals surface area contributed by atoms with E-state index >= 15 is 0 Å². The van der Waals surface area contributed by atoms with Crippen LogP contribution >= 0.6 is 23.4 Å². The van der Waals surface area contributed by atoms with Crippen molar-refractivity contribution in [2.45, 2.75) is 39.0 Å². The second-order valence-corrected chi connectivity index (χ2v) is 10.8. The van der Waals surface area contributed by atoms with Gasteiger partial charge in [0.05, 0.1) is 46.2 Å². The van der Waals surface area contributed by atoms with Crippen molar-refractivity contribution in [1.29, 1.82) is 5.26 Å². The minimum Gasteiger partial charge on any atom is -0.463 e. The summed E-state index contributed by atoms with van der Waals surface area (Å²) in [6.07, 6.45) is 3.26. The van der Waals surface area contributed by atoms with Gasteiger partial charge in [-0.25, -0.2) is 4.79 Å². The number of benzene rings is 3. The first-order valence-electron chi connectivity index (χ1n) is 13.6. The molecule has 0 bridgehead atoms. The van der Waals surface area contributed by atoms with E-state index in [9.17, 15) is 14.9 Å². The van der Waals surface area contributed by atoms with Gasteiger partial charge >= 0.3 is 5.97 Å². The molecule has 0 fully saturated rings. The minimum absolute atomic E-state index is 0.0527. The number of carbonyl (C=O) groups excluding carboxylic acids is 2. The van der Waals surface area contributed by atoms with Gasteiger partial charge in [-0.15, -0.1) is 0 Å². The van der Waals surface area contributed by atoms with Crippen LogP contribution in [0.1, 0.15) is 49.3 Å². The fourth-order valence-corrected chi connectivity index (χ4v) is 5.73. The molecule has 3 aromatic carbocycles. The first-order chi connectivity index (χ1) is 20.0. The number of hydrogen-bond donors (Lipinski definition) is 2. The lowest BCUT2D eigenvalue weighted by Crippen LogP contribution is -2.30. The number of nitrogens with one attached hydrogen (secondary N) is 2. The van der Waals surface area contributed by atoms with Crippen molar-refractivity contribution in [3.05, 3.63) is 117 Å². The number of halogens is 1. The van der Waals surface area contributed by atoms with Crippen LogP contribution in [0.3, 0.4) is 0 Å². The maximum absolute atomic E-state index is 13.4. The van der Waals surface area contributed by atoms with Gasteiger partial charge in [-0.2, -0.15) is 5.26 Å². The number of dihydropyridines is 1. The Morgan fingerprint density at radius 2 is 1.73 bits per heavy atom. The Kier molecular flexibility index (Phi) is 10.7. The third kappa shape index (κ3) is 7.40. The van der Waals surface area contributed by atoms with E-state index in [-0.39, 0.29) is 18.3 Å². The third-order valence-electron chi connectivity index (χ3n) is 6.63. The lowest BCUT2D eigenvalue weighted by Gasteiger charge is -2.31. The number of unbranched alkanes of at least 4 members (excludes halogenated alkanes) is 1. The predicted octanol–water partition coefficient (Wildman–Crippen LogP) is 7.45. The number of amides is 1. The Hall–Kier alpha value is -3.99. The molecule has 0 radical (unpaired) electrons. The molecule has 2 N–H and O–H groups in total. The summed E-state index contributed by atoms with van der Waals surface area (Å²) in [5.41, 5.74) is 4.39. The van der Waals surface area contributed by atoms with Crippen LogP contribution in [0, 0.1) is 11.3 Å². The summed E-state index contributed by atoms with van der Waals surface area (Å²) in [7, 11) is 0. The van der Waals surface area contributed by atoms with E-state index in [1.54, 1.807) is 25.1 Å². The van der Waals surface area contributed by atoms with Crippen LogP contribution in [-0.2, 0) is 20.7 Å². The van der Waals surface area contributed by atoms with Gasteiger partial charge in [0.15, 0.2) is 0 Å². The van der Waals surface area contributed by atoms with Gasteiger partial charge in [-0.3, -0.25) is 4.79 Å². The first-order valence-corrected chi connectivity index (χ1v) is 15.0. The highest BCUT2D eigenvalue weighted by atomic mass is 35.5. The van der Waals surface area contributed by atoms with Crippen LogP contribution in [-0.4, -0.2) is 24.2 Å². The molecular weight excluding hydrogens is 554 g/mol. The summed E-state index contributed by atoms with van der Waals surface area (Å²) in [5.74, 6) is -1.48. The molecule has 1 amide bonds. The molecule has 4 rings (SSSR count). The molecule has 8 heteroatoms. The second kappa shape index (κ2) is 14.6. The van der Waals surface area contributed by atoms with Gasteiger partial charge in [0, 0.05) is 10.7 Å². The quantitative estimate of drug-likeness (QED) is 0.227. The van der Waals surface area contributed by atoms with Crippen molar-refractivity contribution in [2.75, 3.05) is 17.7 Å². The number of nitrogens with zero attached hydrogens (tertiary/aromatic N) is 1. The zero-order valence-electron chi connectivity index (χ0n) is 23.1. The number of nitriles is 1. The summed E-state index contributed by atoms with van der Waals surface area (Å²) in [6, 6.07) is 26.7. The van der Waals surface area contributed by atoms with Crippen LogP contribution in [0.4, 0.5) is 5.69 Å². The predicted molar refractivity (Wildman–Crippen MR) is 166 cm³/mol. The Labute approximate surface area is 250 Å². The molecule has 0 saturated carbocycles. The van der Waals surface area contributed by atoms with E-state index in [1.807, 2.05) is 60.7 Å². The number of esters is 1. The molecule has 0 saturated heterocycles. The molecule has 1 aliphatic rings. The number of allylic oxidation sites excluding steroid dienone is 1. The number of anilines is 1. The van der Waals surface area contributed by atoms with Crippen LogP contribution in [0.25, 0.3) is 5.70 Å². The summed E-state index contributed by atoms with van der Waals surface area (Å²) in [6.45, 7) is 4.07. The van der Waals surface area contributed by atoms with Crippen molar-refractivity contribution in [3.8, 4) is 6.07 Å². The minimum atomic E-state index is -0.787. The smallest absolute Gasteiger partial charge is 0.337 e. The fraction of sp³-hybridized carbons (Fsp3) is 0.242. The molecule has 6 nitrogen and oxygen atoms in total. The highest BCUT2D eigenvalue weighted by molar-refractivity contribution is 8.03. The van der Waals surface area contributed by atoms with Gasteiger partial charge in [0.1, 0.15) is 0 Å². The molecule has 3 aromatic rings. The Balaban J connectivity index is 1.67. The molecule has 1 aliphatic heterocycles. The van der Waals surface area contributed by atoms with Gasteiger partial charge in [0.25, 0.3) is 0 Å². The van der Waals surface area contributed by atoms with E-state index in [4.69, 9.17) is 16.3 Å². The van der Waals surface area contributed by atoms with Crippen LogP contribution in [0.2, 0.25) is 5.02 Å². The van der Waals surface area contributed by atoms with Crippen molar-refractivity contribution in [2.24, 2.45) is 0 Å². The largest absolute Gasteiger partial charge is 0.463 e. The maximum Gasteiger partial charge on any atom is 0.337 e. The topological polar surface area (TPSA) is 91.2 Å². The molecule has 1 atom stereocenters. The van der Waals surface area contributed by atoms with Crippen LogP contribution in [0.5, 0.6) is 0 Å². The second-order valence-electron chi connectivity index (χ2n) is 9.45. The molecule has 0 aliphatic carbocycles. The fourth-order valence-electron chi connectivity index (χ4n) is 4.65. The van der Waals surface area contributed by atoms with Crippen LogP contribution < -0.4 is 10.6 Å². The molecule has 1 heterocycles. The van der Waals surface area contributed by atoms with Gasteiger partial charge in [-0.05, 0) is 54.7 Å². The van der Waals surface area contributed by atoms with Crippen LogP contribution in [0.15, 0.2) is 95.0 Å². The van der Waals surface area contributed by atoms with Crippen molar-refractivity contribution < 1.29 is 14.3 Å². The third-order valence-corrected chi connectivity index (χ3v) is 7.99. The maximum atomic E-state index is 13.4. The molecule has 0 spiro atoms. The van der Waals surface area contributed by atoms with Gasteiger partial charge in [-0.1, -0.05) is 97.4 Å². The molecule has 210 valence electrons. The number of thioether (sulfide) groups is 1. The van der Waals surface area contributed by atoms with E-state index in [0.29, 0.717) is 38.1 Å². The Morgan fingerprint density at radius 3 is 2.39 bits per heavy atom. The van der Waals surface area contributed by atoms with E-state index in [2.05, 4.69) is 23.6 Å². The molecule has 41 heavy (non-hydrogen) atoms. The average Bonchev–Trinajstić information content (AvgIpc) is 2.99. The summed E-state index contributed by atoms with van der Waals surface area (Å²) in [4.78, 5) is 26.4. The number of ether oxygens (including phenoxy) is 1. The van der Waals surface area contributed by atoms with Gasteiger partial charge < -0.3 is 15.4 Å². The lowest BCUT2D eigenvalue weighted by molar-refractivity contribution is -0.138. The first kappa shape index (κ1) is 30.0. The van der Waals surface area contributed by atoms with E-state index < -0.39 is 11.9 Å². The number of aryl methyl sites for hydroxylation is 1.